The average Bonchev–Trinajstić information content (AvgIpc) is 2.73. The molecule has 0 atom stereocenters. The average molecular weight is 283 g/mol. The quantitative estimate of drug-likeness (QED) is 0.920. The number of hydrogen-bond donors (Lipinski definition) is 1. The van der Waals surface area contributed by atoms with Gasteiger partial charge in [-0.05, 0) is 23.8 Å². The van der Waals surface area contributed by atoms with E-state index in [4.69, 9.17) is 0 Å². The molecule has 2 rings (SSSR count). The van der Waals surface area contributed by atoms with Crippen LogP contribution in [0.25, 0.3) is 11.1 Å². The molecule has 7 heteroatoms. The van der Waals surface area contributed by atoms with Gasteiger partial charge in [-0.3, -0.25) is 9.48 Å². The van der Waals surface area contributed by atoms with Crippen molar-refractivity contribution < 1.29 is 18.0 Å². The lowest BCUT2D eigenvalue weighted by molar-refractivity contribution is -0.137. The molecule has 0 spiro atoms. The molecule has 1 heterocycles. The third kappa shape index (κ3) is 3.17. The van der Waals surface area contributed by atoms with Crippen LogP contribution < -0.4 is 5.32 Å². The van der Waals surface area contributed by atoms with Crippen LogP contribution in [0.5, 0.6) is 0 Å². The first kappa shape index (κ1) is 14.1. The molecule has 0 fully saturated rings. The highest BCUT2D eigenvalue weighted by Gasteiger charge is 2.31. The molecule has 0 aliphatic carbocycles. The molecule has 1 aromatic heterocycles. The summed E-state index contributed by atoms with van der Waals surface area (Å²) in [6.07, 6.45) is -1.41. The Kier molecular flexibility index (Phi) is 3.52. The number of amides is 1. The molecule has 1 amide bonds. The van der Waals surface area contributed by atoms with Gasteiger partial charge < -0.3 is 5.32 Å². The van der Waals surface area contributed by atoms with Gasteiger partial charge in [-0.1, -0.05) is 0 Å². The zero-order chi connectivity index (χ0) is 14.9. The summed E-state index contributed by atoms with van der Waals surface area (Å²) in [6, 6.07) is 3.41. The van der Waals surface area contributed by atoms with Crippen molar-refractivity contribution in [1.29, 1.82) is 0 Å². The Morgan fingerprint density at radius 1 is 1.25 bits per heavy atom. The van der Waals surface area contributed by atoms with Crippen molar-refractivity contribution in [2.75, 3.05) is 5.32 Å². The number of hydrogen-bond acceptors (Lipinski definition) is 2. The van der Waals surface area contributed by atoms with Crippen molar-refractivity contribution in [3.05, 3.63) is 36.2 Å². The van der Waals surface area contributed by atoms with Gasteiger partial charge in [-0.15, -0.1) is 0 Å². The lowest BCUT2D eigenvalue weighted by atomic mass is 10.0. The van der Waals surface area contributed by atoms with E-state index in [2.05, 4.69) is 10.4 Å². The molecule has 2 aromatic rings. The second kappa shape index (κ2) is 4.99. The first-order chi connectivity index (χ1) is 9.25. The van der Waals surface area contributed by atoms with Crippen molar-refractivity contribution in [3.8, 4) is 11.1 Å². The van der Waals surface area contributed by atoms with Crippen molar-refractivity contribution in [3.63, 3.8) is 0 Å². The maximum absolute atomic E-state index is 12.9. The van der Waals surface area contributed by atoms with E-state index in [1.807, 2.05) is 0 Å². The third-order valence-electron chi connectivity index (χ3n) is 2.62. The fraction of sp³-hybridized carbons (Fsp3) is 0.231. The molecule has 1 N–H and O–H groups in total. The Hall–Kier alpha value is -2.31. The number of aromatic nitrogens is 2. The predicted molar refractivity (Wildman–Crippen MR) is 67.9 cm³/mol. The summed E-state index contributed by atoms with van der Waals surface area (Å²) in [5.41, 5.74) is 0.177. The molecule has 0 saturated heterocycles. The normalized spacial score (nSPS) is 11.4. The lowest BCUT2D eigenvalue weighted by Crippen LogP contribution is -2.09. The van der Waals surface area contributed by atoms with Crippen LogP contribution in [0.1, 0.15) is 12.5 Å². The molecule has 0 saturated carbocycles. The number of benzene rings is 1. The fourth-order valence-corrected chi connectivity index (χ4v) is 1.80. The molecule has 0 aliphatic heterocycles. The van der Waals surface area contributed by atoms with Crippen LogP contribution in [0, 0.1) is 0 Å². The first-order valence-electron chi connectivity index (χ1n) is 5.74. The molecule has 0 unspecified atom stereocenters. The minimum atomic E-state index is -4.48. The van der Waals surface area contributed by atoms with E-state index in [9.17, 15) is 18.0 Å². The van der Waals surface area contributed by atoms with E-state index in [0.717, 1.165) is 12.1 Å². The second-order valence-corrected chi connectivity index (χ2v) is 4.38. The molecule has 4 nitrogen and oxygen atoms in total. The van der Waals surface area contributed by atoms with E-state index in [0.29, 0.717) is 11.1 Å². The Morgan fingerprint density at radius 2 is 1.95 bits per heavy atom. The highest BCUT2D eigenvalue weighted by molar-refractivity contribution is 5.89. The third-order valence-corrected chi connectivity index (χ3v) is 2.62. The number of nitrogens with one attached hydrogen (secondary N) is 1. The summed E-state index contributed by atoms with van der Waals surface area (Å²) >= 11 is 0. The van der Waals surface area contributed by atoms with Crippen LogP contribution in [-0.4, -0.2) is 15.7 Å². The van der Waals surface area contributed by atoms with Gasteiger partial charge in [0, 0.05) is 31.4 Å². The second-order valence-electron chi connectivity index (χ2n) is 4.38. The highest BCUT2D eigenvalue weighted by atomic mass is 19.4. The zero-order valence-corrected chi connectivity index (χ0v) is 10.8. The first-order valence-corrected chi connectivity index (χ1v) is 5.74. The minimum Gasteiger partial charge on any atom is -0.326 e. The monoisotopic (exact) mass is 283 g/mol. The van der Waals surface area contributed by atoms with Gasteiger partial charge in [0.25, 0.3) is 0 Å². The maximum Gasteiger partial charge on any atom is 0.416 e. The van der Waals surface area contributed by atoms with E-state index < -0.39 is 17.6 Å². The van der Waals surface area contributed by atoms with Crippen LogP contribution >= 0.6 is 0 Å². The summed E-state index contributed by atoms with van der Waals surface area (Å²) in [5, 5.41) is 6.29. The van der Waals surface area contributed by atoms with Gasteiger partial charge in [0.1, 0.15) is 0 Å². The van der Waals surface area contributed by atoms with Gasteiger partial charge >= 0.3 is 6.18 Å². The van der Waals surface area contributed by atoms with Gasteiger partial charge in [-0.2, -0.15) is 18.3 Å². The fourth-order valence-electron chi connectivity index (χ4n) is 1.80. The summed E-state index contributed by atoms with van der Waals surface area (Å²) in [6.45, 7) is 1.24. The number of rotatable bonds is 2. The summed E-state index contributed by atoms with van der Waals surface area (Å²) in [4.78, 5) is 11.0. The molecule has 0 radical (unpaired) electrons. The molecular weight excluding hydrogens is 271 g/mol. The van der Waals surface area contributed by atoms with Crippen molar-refractivity contribution in [2.24, 2.45) is 7.05 Å². The largest absolute Gasteiger partial charge is 0.416 e. The Labute approximate surface area is 113 Å². The number of aryl methyl sites for hydroxylation is 1. The van der Waals surface area contributed by atoms with Crippen LogP contribution in [0.2, 0.25) is 0 Å². The molecule has 106 valence electrons. The van der Waals surface area contributed by atoms with Gasteiger partial charge in [0.15, 0.2) is 0 Å². The van der Waals surface area contributed by atoms with Gasteiger partial charge in [-0.25, -0.2) is 0 Å². The molecule has 20 heavy (non-hydrogen) atoms. The number of alkyl halides is 3. The van der Waals surface area contributed by atoms with E-state index in [1.165, 1.54) is 23.9 Å². The predicted octanol–water partition coefficient (Wildman–Crippen LogP) is 3.06. The van der Waals surface area contributed by atoms with Crippen LogP contribution in [0.15, 0.2) is 30.6 Å². The Balaban J connectivity index is 2.53. The number of anilines is 1. The standard InChI is InChI=1S/C13H12F3N3O/c1-8(20)18-12-4-9(10-6-17-19(2)7-10)3-11(5-12)13(14,15)16/h3-7H,1-2H3,(H,18,20). The van der Waals surface area contributed by atoms with E-state index >= 15 is 0 Å². The van der Waals surface area contributed by atoms with Crippen molar-refractivity contribution in [1.82, 2.24) is 9.78 Å². The van der Waals surface area contributed by atoms with E-state index in [1.54, 1.807) is 13.2 Å². The zero-order valence-electron chi connectivity index (χ0n) is 10.8. The minimum absolute atomic E-state index is 0.103. The summed E-state index contributed by atoms with van der Waals surface area (Å²) < 4.78 is 40.1. The maximum atomic E-state index is 12.9. The van der Waals surface area contributed by atoms with E-state index in [-0.39, 0.29) is 5.69 Å². The summed E-state index contributed by atoms with van der Waals surface area (Å²) in [7, 11) is 1.67. The highest BCUT2D eigenvalue weighted by Crippen LogP contribution is 2.34. The SMILES string of the molecule is CC(=O)Nc1cc(-c2cnn(C)c2)cc(C(F)(F)F)c1. The van der Waals surface area contributed by atoms with Crippen LogP contribution in [0.4, 0.5) is 18.9 Å². The molecule has 1 aromatic carbocycles. The van der Waals surface area contributed by atoms with Crippen molar-refractivity contribution in [2.45, 2.75) is 13.1 Å². The number of carbonyl (C=O) groups is 1. The number of halogens is 3. The Morgan fingerprint density at radius 3 is 2.45 bits per heavy atom. The molecule has 0 bridgehead atoms. The van der Waals surface area contributed by atoms with Gasteiger partial charge in [0.2, 0.25) is 5.91 Å². The van der Waals surface area contributed by atoms with Crippen LogP contribution in [0.3, 0.4) is 0 Å². The van der Waals surface area contributed by atoms with Crippen LogP contribution in [-0.2, 0) is 18.0 Å². The lowest BCUT2D eigenvalue weighted by Gasteiger charge is -2.11. The number of carbonyl (C=O) groups excluding carboxylic acids is 1. The molecular formula is C13H12F3N3O. The number of nitrogens with zero attached hydrogens (tertiary/aromatic N) is 2. The smallest absolute Gasteiger partial charge is 0.326 e. The topological polar surface area (TPSA) is 46.9 Å². The Bertz CT molecular complexity index is 647. The molecule has 0 aliphatic rings. The van der Waals surface area contributed by atoms with Crippen molar-refractivity contribution >= 4 is 11.6 Å². The van der Waals surface area contributed by atoms with Gasteiger partial charge in [0.05, 0.1) is 11.8 Å². The summed E-state index contributed by atoms with van der Waals surface area (Å²) in [5.74, 6) is -0.429.